The molecule has 0 saturated carbocycles. The third-order valence-corrected chi connectivity index (χ3v) is 2.00. The SMILES string of the molecule is C=CCc1cc(COCC(=O)O)ccc1O. The molecule has 86 valence electrons. The van der Waals surface area contributed by atoms with Gasteiger partial charge in [-0.2, -0.15) is 0 Å². The lowest BCUT2D eigenvalue weighted by Crippen LogP contribution is -2.06. The Kier molecular flexibility index (Phi) is 4.54. The van der Waals surface area contributed by atoms with Crippen molar-refractivity contribution < 1.29 is 19.7 Å². The standard InChI is InChI=1S/C12H14O4/c1-2-3-10-6-9(4-5-11(10)13)7-16-8-12(14)15/h2,4-6,13H,1,3,7-8H2,(H,14,15). The largest absolute Gasteiger partial charge is 0.508 e. The fourth-order valence-corrected chi connectivity index (χ4v) is 1.30. The van der Waals surface area contributed by atoms with Crippen LogP contribution in [0.15, 0.2) is 30.9 Å². The van der Waals surface area contributed by atoms with E-state index in [1.807, 2.05) is 0 Å². The Balaban J connectivity index is 2.63. The zero-order valence-corrected chi connectivity index (χ0v) is 8.85. The summed E-state index contributed by atoms with van der Waals surface area (Å²) in [5.41, 5.74) is 1.59. The van der Waals surface area contributed by atoms with Crippen LogP contribution >= 0.6 is 0 Å². The molecule has 16 heavy (non-hydrogen) atoms. The van der Waals surface area contributed by atoms with Gasteiger partial charge in [0.1, 0.15) is 12.4 Å². The van der Waals surface area contributed by atoms with Crippen molar-refractivity contribution in [3.05, 3.63) is 42.0 Å². The van der Waals surface area contributed by atoms with Crippen molar-refractivity contribution in [3.63, 3.8) is 0 Å². The summed E-state index contributed by atoms with van der Waals surface area (Å²) in [7, 11) is 0. The smallest absolute Gasteiger partial charge is 0.329 e. The Labute approximate surface area is 93.8 Å². The highest BCUT2D eigenvalue weighted by atomic mass is 16.5. The first-order chi connectivity index (χ1) is 7.63. The van der Waals surface area contributed by atoms with Crippen LogP contribution in [0.3, 0.4) is 0 Å². The third kappa shape index (κ3) is 3.74. The second-order valence-electron chi connectivity index (χ2n) is 3.34. The Morgan fingerprint density at radius 2 is 2.25 bits per heavy atom. The lowest BCUT2D eigenvalue weighted by Gasteiger charge is -2.06. The lowest BCUT2D eigenvalue weighted by atomic mass is 10.1. The summed E-state index contributed by atoms with van der Waals surface area (Å²) in [4.78, 5) is 10.2. The van der Waals surface area contributed by atoms with Gasteiger partial charge in [-0.15, -0.1) is 6.58 Å². The van der Waals surface area contributed by atoms with Crippen LogP contribution in [-0.2, 0) is 22.6 Å². The molecular weight excluding hydrogens is 208 g/mol. The van der Waals surface area contributed by atoms with E-state index in [4.69, 9.17) is 9.84 Å². The number of carboxylic acid groups (broad SMARTS) is 1. The number of carboxylic acids is 1. The summed E-state index contributed by atoms with van der Waals surface area (Å²) in [5, 5.41) is 17.9. The fourth-order valence-electron chi connectivity index (χ4n) is 1.30. The molecule has 4 heteroatoms. The van der Waals surface area contributed by atoms with Crippen molar-refractivity contribution >= 4 is 5.97 Å². The minimum Gasteiger partial charge on any atom is -0.508 e. The molecule has 0 bridgehead atoms. The average molecular weight is 222 g/mol. The first-order valence-corrected chi connectivity index (χ1v) is 4.84. The molecule has 1 rings (SSSR count). The van der Waals surface area contributed by atoms with Crippen molar-refractivity contribution in [2.24, 2.45) is 0 Å². The van der Waals surface area contributed by atoms with E-state index in [-0.39, 0.29) is 19.0 Å². The van der Waals surface area contributed by atoms with Crippen molar-refractivity contribution in [2.75, 3.05) is 6.61 Å². The topological polar surface area (TPSA) is 66.8 Å². The normalized spacial score (nSPS) is 10.0. The van der Waals surface area contributed by atoms with Gasteiger partial charge in [0.25, 0.3) is 0 Å². The summed E-state index contributed by atoms with van der Waals surface area (Å²) >= 11 is 0. The number of benzene rings is 1. The van der Waals surface area contributed by atoms with E-state index < -0.39 is 5.97 Å². The number of aromatic hydroxyl groups is 1. The second kappa shape index (κ2) is 5.92. The molecule has 0 aliphatic carbocycles. The highest BCUT2D eigenvalue weighted by Gasteiger charge is 2.02. The van der Waals surface area contributed by atoms with Gasteiger partial charge < -0.3 is 14.9 Å². The summed E-state index contributed by atoms with van der Waals surface area (Å²) in [6, 6.07) is 5.04. The van der Waals surface area contributed by atoms with Gasteiger partial charge in [0.05, 0.1) is 6.61 Å². The second-order valence-corrected chi connectivity index (χ2v) is 3.34. The molecule has 0 heterocycles. The predicted molar refractivity (Wildman–Crippen MR) is 59.3 cm³/mol. The number of hydrogen-bond acceptors (Lipinski definition) is 3. The number of hydrogen-bond donors (Lipinski definition) is 2. The molecule has 0 unspecified atom stereocenters. The molecule has 2 N–H and O–H groups in total. The molecule has 0 aromatic heterocycles. The highest BCUT2D eigenvalue weighted by molar-refractivity contribution is 5.67. The third-order valence-electron chi connectivity index (χ3n) is 2.00. The summed E-state index contributed by atoms with van der Waals surface area (Å²) in [6.07, 6.45) is 2.26. The highest BCUT2D eigenvalue weighted by Crippen LogP contribution is 2.19. The van der Waals surface area contributed by atoms with Gasteiger partial charge in [0.2, 0.25) is 0 Å². The predicted octanol–water partition coefficient (Wildman–Crippen LogP) is 1.72. The first kappa shape index (κ1) is 12.3. The van der Waals surface area contributed by atoms with E-state index in [9.17, 15) is 9.90 Å². The molecule has 0 aliphatic heterocycles. The minimum absolute atomic E-state index is 0.210. The molecule has 0 amide bonds. The Morgan fingerprint density at radius 1 is 1.50 bits per heavy atom. The number of carbonyl (C=O) groups is 1. The summed E-state index contributed by atoms with van der Waals surface area (Å²) in [6.45, 7) is 3.49. The van der Waals surface area contributed by atoms with Crippen LogP contribution in [0.2, 0.25) is 0 Å². The van der Waals surface area contributed by atoms with Crippen LogP contribution in [0.4, 0.5) is 0 Å². The lowest BCUT2D eigenvalue weighted by molar-refractivity contribution is -0.142. The molecule has 0 fully saturated rings. The van der Waals surface area contributed by atoms with Gasteiger partial charge >= 0.3 is 5.97 Å². The Hall–Kier alpha value is -1.81. The molecule has 0 spiro atoms. The maximum absolute atomic E-state index is 10.2. The van der Waals surface area contributed by atoms with E-state index in [2.05, 4.69) is 6.58 Å². The fraction of sp³-hybridized carbons (Fsp3) is 0.250. The number of phenolic OH excluding ortho intramolecular Hbond substituents is 1. The van der Waals surface area contributed by atoms with Gasteiger partial charge in [-0.25, -0.2) is 4.79 Å². The zero-order valence-electron chi connectivity index (χ0n) is 8.85. The Morgan fingerprint density at radius 3 is 2.88 bits per heavy atom. The van der Waals surface area contributed by atoms with Gasteiger partial charge in [-0.3, -0.25) is 0 Å². The average Bonchev–Trinajstić information content (AvgIpc) is 2.22. The van der Waals surface area contributed by atoms with Crippen LogP contribution in [0.5, 0.6) is 5.75 Å². The van der Waals surface area contributed by atoms with Gasteiger partial charge in [0.15, 0.2) is 0 Å². The van der Waals surface area contributed by atoms with E-state index in [0.717, 1.165) is 11.1 Å². The van der Waals surface area contributed by atoms with Crippen molar-refractivity contribution in [1.82, 2.24) is 0 Å². The number of allylic oxidation sites excluding steroid dienone is 1. The molecule has 1 aromatic carbocycles. The summed E-state index contributed by atoms with van der Waals surface area (Å²) in [5.74, 6) is -0.785. The van der Waals surface area contributed by atoms with E-state index in [1.165, 1.54) is 0 Å². The summed E-state index contributed by atoms with van der Waals surface area (Å²) < 4.78 is 4.95. The quantitative estimate of drug-likeness (QED) is 0.719. The van der Waals surface area contributed by atoms with Crippen LogP contribution < -0.4 is 0 Å². The zero-order chi connectivity index (χ0) is 12.0. The number of phenols is 1. The number of ether oxygens (including phenoxy) is 1. The number of rotatable bonds is 6. The molecular formula is C12H14O4. The van der Waals surface area contributed by atoms with Crippen LogP contribution in [0.1, 0.15) is 11.1 Å². The van der Waals surface area contributed by atoms with Gasteiger partial charge in [0, 0.05) is 0 Å². The monoisotopic (exact) mass is 222 g/mol. The van der Waals surface area contributed by atoms with Crippen molar-refractivity contribution in [1.29, 1.82) is 0 Å². The van der Waals surface area contributed by atoms with Gasteiger partial charge in [-0.1, -0.05) is 12.1 Å². The maximum atomic E-state index is 10.2. The first-order valence-electron chi connectivity index (χ1n) is 4.84. The molecule has 0 atom stereocenters. The number of aliphatic carboxylic acids is 1. The molecule has 4 nitrogen and oxygen atoms in total. The molecule has 0 radical (unpaired) electrons. The molecule has 0 saturated heterocycles. The maximum Gasteiger partial charge on any atom is 0.329 e. The van der Waals surface area contributed by atoms with Crippen LogP contribution in [0, 0.1) is 0 Å². The van der Waals surface area contributed by atoms with Gasteiger partial charge in [-0.05, 0) is 29.7 Å². The van der Waals surface area contributed by atoms with E-state index >= 15 is 0 Å². The van der Waals surface area contributed by atoms with E-state index in [0.29, 0.717) is 6.42 Å². The van der Waals surface area contributed by atoms with Crippen molar-refractivity contribution in [2.45, 2.75) is 13.0 Å². The molecule has 0 aliphatic rings. The van der Waals surface area contributed by atoms with Crippen LogP contribution in [-0.4, -0.2) is 22.8 Å². The Bertz CT molecular complexity index is 385. The van der Waals surface area contributed by atoms with Crippen molar-refractivity contribution in [3.8, 4) is 5.75 Å². The molecule has 1 aromatic rings. The minimum atomic E-state index is -0.995. The van der Waals surface area contributed by atoms with E-state index in [1.54, 1.807) is 24.3 Å². The van der Waals surface area contributed by atoms with Crippen LogP contribution in [0.25, 0.3) is 0 Å².